The van der Waals surface area contributed by atoms with E-state index in [1.54, 1.807) is 6.92 Å². The van der Waals surface area contributed by atoms with E-state index in [9.17, 15) is 18.0 Å². The van der Waals surface area contributed by atoms with E-state index < -0.39 is 17.9 Å². The molecule has 0 aliphatic rings. The lowest BCUT2D eigenvalue weighted by Crippen LogP contribution is -2.35. The fourth-order valence-electron chi connectivity index (χ4n) is 1.56. The SMILES string of the molecule is CNC(=O)C(C)CN(C)c1cc(Cl)nc(C(F)(F)F)n1. The summed E-state index contributed by atoms with van der Waals surface area (Å²) in [6, 6.07) is 1.22. The molecule has 1 atom stereocenters. The average Bonchev–Trinajstić information content (AvgIpc) is 2.35. The summed E-state index contributed by atoms with van der Waals surface area (Å²) >= 11 is 5.57. The van der Waals surface area contributed by atoms with Gasteiger partial charge < -0.3 is 10.2 Å². The van der Waals surface area contributed by atoms with Gasteiger partial charge in [-0.05, 0) is 0 Å². The third kappa shape index (κ3) is 4.22. The topological polar surface area (TPSA) is 58.1 Å². The Bertz CT molecular complexity index is 495. The second-order valence-corrected chi connectivity index (χ2v) is 4.65. The molecule has 0 aromatic carbocycles. The predicted molar refractivity (Wildman–Crippen MR) is 68.5 cm³/mol. The highest BCUT2D eigenvalue weighted by Gasteiger charge is 2.35. The number of hydrogen-bond acceptors (Lipinski definition) is 4. The van der Waals surface area contributed by atoms with Crippen LogP contribution in [0.25, 0.3) is 0 Å². The molecule has 112 valence electrons. The number of alkyl halides is 3. The zero-order valence-electron chi connectivity index (χ0n) is 11.1. The number of amides is 1. The smallest absolute Gasteiger partial charge is 0.359 e. The van der Waals surface area contributed by atoms with E-state index in [-0.39, 0.29) is 23.4 Å². The highest BCUT2D eigenvalue weighted by atomic mass is 35.5. The van der Waals surface area contributed by atoms with Gasteiger partial charge in [0.25, 0.3) is 0 Å². The van der Waals surface area contributed by atoms with Crippen molar-refractivity contribution in [1.29, 1.82) is 0 Å². The second-order valence-electron chi connectivity index (χ2n) is 4.27. The van der Waals surface area contributed by atoms with Gasteiger partial charge in [-0.15, -0.1) is 0 Å². The molecule has 0 aliphatic heterocycles. The Balaban J connectivity index is 2.96. The number of nitrogens with one attached hydrogen (secondary N) is 1. The summed E-state index contributed by atoms with van der Waals surface area (Å²) in [5.74, 6) is -1.92. The molecule has 1 aromatic heterocycles. The zero-order chi connectivity index (χ0) is 15.5. The van der Waals surface area contributed by atoms with E-state index in [2.05, 4.69) is 15.3 Å². The van der Waals surface area contributed by atoms with Crippen molar-refractivity contribution >= 4 is 23.3 Å². The minimum atomic E-state index is -4.67. The number of carbonyl (C=O) groups excluding carboxylic acids is 1. The van der Waals surface area contributed by atoms with Gasteiger partial charge in [0, 0.05) is 26.7 Å². The van der Waals surface area contributed by atoms with Crippen LogP contribution in [0.3, 0.4) is 0 Å². The van der Waals surface area contributed by atoms with E-state index in [1.165, 1.54) is 25.1 Å². The molecule has 0 aliphatic carbocycles. The molecule has 5 nitrogen and oxygen atoms in total. The number of hydrogen-bond donors (Lipinski definition) is 1. The quantitative estimate of drug-likeness (QED) is 0.864. The summed E-state index contributed by atoms with van der Waals surface area (Å²) in [6.45, 7) is 1.85. The van der Waals surface area contributed by atoms with Gasteiger partial charge in [-0.1, -0.05) is 18.5 Å². The van der Waals surface area contributed by atoms with Gasteiger partial charge in [0.1, 0.15) is 11.0 Å². The molecule has 0 fully saturated rings. The highest BCUT2D eigenvalue weighted by Crippen LogP contribution is 2.29. The van der Waals surface area contributed by atoms with Crippen LogP contribution in [0, 0.1) is 5.92 Å². The van der Waals surface area contributed by atoms with E-state index in [1.807, 2.05) is 0 Å². The summed E-state index contributed by atoms with van der Waals surface area (Å²) in [7, 11) is 3.01. The molecule has 0 bridgehead atoms. The summed E-state index contributed by atoms with van der Waals surface area (Å²) in [4.78, 5) is 19.4. The molecule has 0 radical (unpaired) electrons. The maximum atomic E-state index is 12.6. The molecule has 1 rings (SSSR count). The van der Waals surface area contributed by atoms with Crippen molar-refractivity contribution < 1.29 is 18.0 Å². The van der Waals surface area contributed by atoms with Crippen molar-refractivity contribution in [2.24, 2.45) is 5.92 Å². The summed E-state index contributed by atoms with van der Waals surface area (Å²) in [5.41, 5.74) is 0. The van der Waals surface area contributed by atoms with Gasteiger partial charge >= 0.3 is 6.18 Å². The van der Waals surface area contributed by atoms with Crippen molar-refractivity contribution in [3.05, 3.63) is 17.0 Å². The largest absolute Gasteiger partial charge is 0.451 e. The van der Waals surface area contributed by atoms with Crippen molar-refractivity contribution in [3.8, 4) is 0 Å². The fraction of sp³-hybridized carbons (Fsp3) is 0.545. The van der Waals surface area contributed by atoms with Gasteiger partial charge in [-0.25, -0.2) is 9.97 Å². The minimum Gasteiger partial charge on any atom is -0.359 e. The molecule has 0 spiro atoms. The van der Waals surface area contributed by atoms with E-state index >= 15 is 0 Å². The molecule has 1 N–H and O–H groups in total. The third-order valence-electron chi connectivity index (χ3n) is 2.57. The number of aromatic nitrogens is 2. The molecular formula is C11H14ClF3N4O. The molecule has 1 aromatic rings. The summed E-state index contributed by atoms with van der Waals surface area (Å²) in [6.07, 6.45) is -4.67. The van der Waals surface area contributed by atoms with Gasteiger partial charge in [0.2, 0.25) is 11.7 Å². The first-order valence-corrected chi connectivity index (χ1v) is 6.07. The van der Waals surface area contributed by atoms with Gasteiger partial charge in [0.05, 0.1) is 5.92 Å². The molecule has 1 amide bonds. The van der Waals surface area contributed by atoms with Gasteiger partial charge in [-0.2, -0.15) is 13.2 Å². The van der Waals surface area contributed by atoms with E-state index in [4.69, 9.17) is 11.6 Å². The van der Waals surface area contributed by atoms with E-state index in [0.29, 0.717) is 0 Å². The van der Waals surface area contributed by atoms with Crippen LogP contribution in [0.2, 0.25) is 5.15 Å². The Morgan fingerprint density at radius 2 is 2.10 bits per heavy atom. The van der Waals surface area contributed by atoms with Crippen molar-refractivity contribution in [2.75, 3.05) is 25.5 Å². The normalized spacial score (nSPS) is 12.9. The number of anilines is 1. The molecular weight excluding hydrogens is 297 g/mol. The maximum absolute atomic E-state index is 12.6. The summed E-state index contributed by atoms with van der Waals surface area (Å²) < 4.78 is 37.8. The monoisotopic (exact) mass is 310 g/mol. The van der Waals surface area contributed by atoms with Crippen LogP contribution in [0.1, 0.15) is 12.7 Å². The van der Waals surface area contributed by atoms with Crippen molar-refractivity contribution in [3.63, 3.8) is 0 Å². The van der Waals surface area contributed by atoms with Crippen LogP contribution < -0.4 is 10.2 Å². The Labute approximate surface area is 119 Å². The van der Waals surface area contributed by atoms with Crippen LogP contribution in [0.5, 0.6) is 0 Å². The highest BCUT2D eigenvalue weighted by molar-refractivity contribution is 6.29. The fourth-order valence-corrected chi connectivity index (χ4v) is 1.74. The zero-order valence-corrected chi connectivity index (χ0v) is 11.9. The number of halogens is 4. The Morgan fingerprint density at radius 3 is 2.60 bits per heavy atom. The molecule has 20 heavy (non-hydrogen) atoms. The molecule has 1 heterocycles. The molecule has 9 heteroatoms. The first-order valence-electron chi connectivity index (χ1n) is 5.69. The number of nitrogens with zero attached hydrogens (tertiary/aromatic N) is 3. The first-order chi connectivity index (χ1) is 9.15. The standard InChI is InChI=1S/C11H14ClF3N4O/c1-6(9(20)16-2)5-19(3)8-4-7(12)17-10(18-8)11(13,14)15/h4,6H,5H2,1-3H3,(H,16,20). The van der Waals surface area contributed by atoms with Crippen LogP contribution >= 0.6 is 11.6 Å². The lowest BCUT2D eigenvalue weighted by molar-refractivity contribution is -0.144. The number of rotatable bonds is 4. The molecule has 0 saturated heterocycles. The Kier molecular flexibility index (Phi) is 5.15. The first kappa shape index (κ1) is 16.5. The summed E-state index contributed by atoms with van der Waals surface area (Å²) in [5, 5.41) is 2.16. The average molecular weight is 311 g/mol. The lowest BCUT2D eigenvalue weighted by Gasteiger charge is -2.22. The Morgan fingerprint density at radius 1 is 1.50 bits per heavy atom. The van der Waals surface area contributed by atoms with Crippen molar-refractivity contribution in [2.45, 2.75) is 13.1 Å². The van der Waals surface area contributed by atoms with Crippen LogP contribution in [0.15, 0.2) is 6.07 Å². The maximum Gasteiger partial charge on any atom is 0.451 e. The van der Waals surface area contributed by atoms with Crippen molar-refractivity contribution in [1.82, 2.24) is 15.3 Å². The van der Waals surface area contributed by atoms with Gasteiger partial charge in [0.15, 0.2) is 0 Å². The number of carbonyl (C=O) groups is 1. The molecule has 1 unspecified atom stereocenters. The van der Waals surface area contributed by atoms with Gasteiger partial charge in [-0.3, -0.25) is 4.79 Å². The lowest BCUT2D eigenvalue weighted by atomic mass is 10.1. The second kappa shape index (κ2) is 6.25. The van der Waals surface area contributed by atoms with E-state index in [0.717, 1.165) is 0 Å². The Hall–Kier alpha value is -1.57. The van der Waals surface area contributed by atoms with Crippen LogP contribution in [0.4, 0.5) is 19.0 Å². The predicted octanol–water partition coefficient (Wildman–Crippen LogP) is 1.97. The molecule has 0 saturated carbocycles. The third-order valence-corrected chi connectivity index (χ3v) is 2.76. The van der Waals surface area contributed by atoms with Crippen LogP contribution in [-0.4, -0.2) is 36.5 Å². The van der Waals surface area contributed by atoms with Crippen LogP contribution in [-0.2, 0) is 11.0 Å². The minimum absolute atomic E-state index is 0.00748.